The molecule has 0 bridgehead atoms. The molecule has 1 aromatic carbocycles. The maximum Gasteiger partial charge on any atom is 0.224 e. The Morgan fingerprint density at radius 3 is 2.86 bits per heavy atom. The molecule has 0 aliphatic carbocycles. The lowest BCUT2D eigenvalue weighted by molar-refractivity contribution is -0.128. The van der Waals surface area contributed by atoms with Crippen molar-refractivity contribution in [2.45, 2.75) is 18.9 Å². The lowest BCUT2D eigenvalue weighted by atomic mass is 10.2. The number of ether oxygens (including phenoxy) is 1. The second-order valence-electron chi connectivity index (χ2n) is 5.01. The predicted octanol–water partition coefficient (Wildman–Crippen LogP) is 0.131. The molecule has 0 saturated carbocycles. The van der Waals surface area contributed by atoms with Crippen molar-refractivity contribution in [2.75, 3.05) is 26.2 Å². The fourth-order valence-corrected chi connectivity index (χ4v) is 2.31. The Balaban J connectivity index is 1.72. The smallest absolute Gasteiger partial charge is 0.224 e. The van der Waals surface area contributed by atoms with E-state index in [-0.39, 0.29) is 17.9 Å². The Bertz CT molecular complexity index is 478. The Labute approximate surface area is 124 Å². The van der Waals surface area contributed by atoms with Crippen LogP contribution in [0.1, 0.15) is 12.8 Å². The van der Waals surface area contributed by atoms with Gasteiger partial charge in [-0.2, -0.15) is 0 Å². The fourth-order valence-electron chi connectivity index (χ4n) is 2.31. The number of benzene rings is 1. The van der Waals surface area contributed by atoms with Crippen LogP contribution in [0.3, 0.4) is 0 Å². The van der Waals surface area contributed by atoms with E-state index in [4.69, 9.17) is 10.5 Å². The van der Waals surface area contributed by atoms with Crippen LogP contribution >= 0.6 is 0 Å². The van der Waals surface area contributed by atoms with Gasteiger partial charge in [-0.05, 0) is 12.1 Å². The summed E-state index contributed by atoms with van der Waals surface area (Å²) in [6.45, 7) is 1.82. The Morgan fingerprint density at radius 1 is 1.38 bits per heavy atom. The maximum absolute atomic E-state index is 11.9. The van der Waals surface area contributed by atoms with E-state index in [0.717, 1.165) is 5.75 Å². The number of hydrogen-bond donors (Lipinski definition) is 2. The van der Waals surface area contributed by atoms with Gasteiger partial charge in [0, 0.05) is 25.9 Å². The van der Waals surface area contributed by atoms with E-state index in [2.05, 4.69) is 5.32 Å². The van der Waals surface area contributed by atoms with Gasteiger partial charge in [-0.1, -0.05) is 18.2 Å². The van der Waals surface area contributed by atoms with E-state index >= 15 is 0 Å². The first-order valence-electron chi connectivity index (χ1n) is 7.14. The van der Waals surface area contributed by atoms with Crippen LogP contribution in [0.25, 0.3) is 0 Å². The molecule has 1 saturated heterocycles. The molecule has 6 nitrogen and oxygen atoms in total. The highest BCUT2D eigenvalue weighted by Gasteiger charge is 2.30. The summed E-state index contributed by atoms with van der Waals surface area (Å²) in [4.78, 5) is 25.0. The van der Waals surface area contributed by atoms with Crippen LogP contribution in [0, 0.1) is 0 Å². The van der Waals surface area contributed by atoms with E-state index in [1.54, 1.807) is 4.90 Å². The van der Waals surface area contributed by atoms with Gasteiger partial charge < -0.3 is 20.7 Å². The zero-order valence-electron chi connectivity index (χ0n) is 12.0. The number of nitrogens with two attached hydrogens (primary N) is 1. The number of carbonyl (C=O) groups is 2. The second-order valence-corrected chi connectivity index (χ2v) is 5.01. The van der Waals surface area contributed by atoms with Crippen molar-refractivity contribution in [3.63, 3.8) is 0 Å². The van der Waals surface area contributed by atoms with Crippen LogP contribution in [-0.2, 0) is 9.59 Å². The molecule has 6 heteroatoms. The molecule has 0 spiro atoms. The zero-order valence-corrected chi connectivity index (χ0v) is 12.0. The lowest BCUT2D eigenvalue weighted by Crippen LogP contribution is -2.38. The van der Waals surface area contributed by atoms with Crippen LogP contribution < -0.4 is 15.8 Å². The summed E-state index contributed by atoms with van der Waals surface area (Å²) in [6.07, 6.45) is 0.642. The van der Waals surface area contributed by atoms with Gasteiger partial charge in [0.15, 0.2) is 0 Å². The third-order valence-electron chi connectivity index (χ3n) is 3.32. The summed E-state index contributed by atoms with van der Waals surface area (Å²) in [7, 11) is 0. The largest absolute Gasteiger partial charge is 0.492 e. The van der Waals surface area contributed by atoms with Gasteiger partial charge in [0.05, 0.1) is 12.6 Å². The predicted molar refractivity (Wildman–Crippen MR) is 78.7 cm³/mol. The molecular formula is C15H21N3O3. The standard InChI is InChI=1S/C15H21N3O3/c16-7-6-14(19)17-12-10-15(20)18(11-12)8-9-21-13-4-2-1-3-5-13/h1-5,12H,6-11,16H2,(H,17,19). The average Bonchev–Trinajstić information content (AvgIpc) is 2.80. The van der Waals surface area contributed by atoms with E-state index in [1.807, 2.05) is 30.3 Å². The number of rotatable bonds is 7. The summed E-state index contributed by atoms with van der Waals surface area (Å²) in [5.41, 5.74) is 5.32. The third kappa shape index (κ3) is 4.75. The van der Waals surface area contributed by atoms with Crippen LogP contribution in [0.15, 0.2) is 30.3 Å². The quantitative estimate of drug-likeness (QED) is 0.748. The van der Waals surface area contributed by atoms with Crippen LogP contribution in [0.4, 0.5) is 0 Å². The minimum atomic E-state index is -0.117. The number of carbonyl (C=O) groups excluding carboxylic acids is 2. The van der Waals surface area contributed by atoms with Gasteiger partial charge in [0.2, 0.25) is 11.8 Å². The van der Waals surface area contributed by atoms with E-state index < -0.39 is 0 Å². The molecule has 1 fully saturated rings. The number of likely N-dealkylation sites (tertiary alicyclic amines) is 1. The normalized spacial score (nSPS) is 17.9. The van der Waals surface area contributed by atoms with E-state index in [0.29, 0.717) is 39.1 Å². The number of nitrogens with zero attached hydrogens (tertiary/aromatic N) is 1. The number of nitrogens with one attached hydrogen (secondary N) is 1. The SMILES string of the molecule is NCCC(=O)NC1CC(=O)N(CCOc2ccccc2)C1. The van der Waals surface area contributed by atoms with Gasteiger partial charge in [0.25, 0.3) is 0 Å². The highest BCUT2D eigenvalue weighted by molar-refractivity contribution is 5.82. The number of amides is 2. The summed E-state index contributed by atoms with van der Waals surface area (Å²) in [5.74, 6) is 0.736. The maximum atomic E-state index is 11.9. The van der Waals surface area contributed by atoms with Crippen molar-refractivity contribution in [3.8, 4) is 5.75 Å². The molecule has 1 aromatic rings. The first-order valence-corrected chi connectivity index (χ1v) is 7.14. The summed E-state index contributed by atoms with van der Waals surface area (Å²) >= 11 is 0. The topological polar surface area (TPSA) is 84.7 Å². The molecule has 1 aliphatic heterocycles. The summed E-state index contributed by atoms with van der Waals surface area (Å²) < 4.78 is 5.57. The van der Waals surface area contributed by atoms with Gasteiger partial charge in [-0.25, -0.2) is 0 Å². The molecule has 1 heterocycles. The minimum absolute atomic E-state index is 0.0460. The summed E-state index contributed by atoms with van der Waals surface area (Å²) in [6, 6.07) is 9.36. The molecule has 114 valence electrons. The fraction of sp³-hybridized carbons (Fsp3) is 0.467. The van der Waals surface area contributed by atoms with E-state index in [9.17, 15) is 9.59 Å². The molecule has 1 atom stereocenters. The van der Waals surface area contributed by atoms with Crippen molar-refractivity contribution in [2.24, 2.45) is 5.73 Å². The van der Waals surface area contributed by atoms with Gasteiger partial charge in [0.1, 0.15) is 12.4 Å². The zero-order chi connectivity index (χ0) is 15.1. The number of hydrogen-bond acceptors (Lipinski definition) is 4. The van der Waals surface area contributed by atoms with Crippen molar-refractivity contribution in [1.29, 1.82) is 0 Å². The van der Waals surface area contributed by atoms with E-state index in [1.165, 1.54) is 0 Å². The van der Waals surface area contributed by atoms with Crippen LogP contribution in [0.2, 0.25) is 0 Å². The molecule has 21 heavy (non-hydrogen) atoms. The Morgan fingerprint density at radius 2 is 2.14 bits per heavy atom. The van der Waals surface area contributed by atoms with Crippen molar-refractivity contribution in [1.82, 2.24) is 10.2 Å². The molecule has 1 aliphatic rings. The first-order chi connectivity index (χ1) is 10.2. The molecule has 2 rings (SSSR count). The molecule has 2 amide bonds. The number of para-hydroxylation sites is 1. The molecular weight excluding hydrogens is 270 g/mol. The summed E-state index contributed by atoms with van der Waals surface area (Å²) in [5, 5.41) is 2.83. The molecule has 3 N–H and O–H groups in total. The highest BCUT2D eigenvalue weighted by atomic mass is 16.5. The lowest BCUT2D eigenvalue weighted by Gasteiger charge is -2.17. The van der Waals surface area contributed by atoms with Gasteiger partial charge in [-0.15, -0.1) is 0 Å². The second kappa shape index (κ2) is 7.64. The first kappa shape index (κ1) is 15.3. The van der Waals surface area contributed by atoms with Crippen LogP contribution in [0.5, 0.6) is 5.75 Å². The molecule has 0 aromatic heterocycles. The van der Waals surface area contributed by atoms with Gasteiger partial charge >= 0.3 is 0 Å². The minimum Gasteiger partial charge on any atom is -0.492 e. The van der Waals surface area contributed by atoms with Gasteiger partial charge in [-0.3, -0.25) is 9.59 Å². The average molecular weight is 291 g/mol. The Kier molecular flexibility index (Phi) is 5.57. The molecule has 0 radical (unpaired) electrons. The Hall–Kier alpha value is -2.08. The third-order valence-corrected chi connectivity index (χ3v) is 3.32. The highest BCUT2D eigenvalue weighted by Crippen LogP contribution is 2.12. The van der Waals surface area contributed by atoms with Crippen LogP contribution in [-0.4, -0.2) is 49.0 Å². The van der Waals surface area contributed by atoms with Crippen molar-refractivity contribution < 1.29 is 14.3 Å². The van der Waals surface area contributed by atoms with Crippen molar-refractivity contribution >= 4 is 11.8 Å². The van der Waals surface area contributed by atoms with Crippen molar-refractivity contribution in [3.05, 3.63) is 30.3 Å². The monoisotopic (exact) mass is 291 g/mol. The molecule has 1 unspecified atom stereocenters.